The van der Waals surface area contributed by atoms with Crippen LogP contribution in [0.5, 0.6) is 0 Å². The van der Waals surface area contributed by atoms with Gasteiger partial charge in [-0.1, -0.05) is 13.8 Å². The van der Waals surface area contributed by atoms with Crippen LogP contribution in [0.2, 0.25) is 0 Å². The topological polar surface area (TPSA) is 79.7 Å². The number of rotatable bonds is 5. The summed E-state index contributed by atoms with van der Waals surface area (Å²) >= 11 is 1.55. The molecule has 1 aromatic rings. The van der Waals surface area contributed by atoms with Gasteiger partial charge in [0.05, 0.1) is 16.8 Å². The summed E-state index contributed by atoms with van der Waals surface area (Å²) in [6.07, 6.45) is -0.120. The Hall–Kier alpha value is -0.260. The molecule has 0 saturated heterocycles. The number of phosphoric acid groups is 1. The van der Waals surface area contributed by atoms with Crippen LogP contribution in [-0.2, 0) is 15.5 Å². The maximum Gasteiger partial charge on any atom is 0.469 e. The van der Waals surface area contributed by atoms with Crippen LogP contribution in [-0.4, -0.2) is 20.9 Å². The maximum absolute atomic E-state index is 10.7. The second kappa shape index (κ2) is 5.59. The van der Waals surface area contributed by atoms with Crippen molar-refractivity contribution in [1.29, 1.82) is 0 Å². The predicted molar refractivity (Wildman–Crippen MR) is 67.2 cm³/mol. The zero-order valence-electron chi connectivity index (χ0n) is 10.4. The van der Waals surface area contributed by atoms with Gasteiger partial charge in [0.15, 0.2) is 0 Å². The first-order valence-corrected chi connectivity index (χ1v) is 7.74. The quantitative estimate of drug-likeness (QED) is 0.810. The van der Waals surface area contributed by atoms with E-state index in [0.717, 1.165) is 15.6 Å². The van der Waals surface area contributed by atoms with E-state index in [1.807, 2.05) is 6.92 Å². The highest BCUT2D eigenvalue weighted by molar-refractivity contribution is 7.46. The largest absolute Gasteiger partial charge is 0.469 e. The molecule has 0 aliphatic carbocycles. The molecule has 0 aliphatic heterocycles. The van der Waals surface area contributed by atoms with Gasteiger partial charge >= 0.3 is 7.82 Å². The van der Waals surface area contributed by atoms with E-state index in [2.05, 4.69) is 23.4 Å². The lowest BCUT2D eigenvalue weighted by atomic mass is 10.1. The van der Waals surface area contributed by atoms with E-state index < -0.39 is 13.9 Å². The van der Waals surface area contributed by atoms with E-state index in [4.69, 9.17) is 9.79 Å². The second-order valence-corrected chi connectivity index (χ2v) is 6.79. The van der Waals surface area contributed by atoms with Crippen molar-refractivity contribution in [2.45, 2.75) is 46.1 Å². The summed E-state index contributed by atoms with van der Waals surface area (Å²) in [6, 6.07) is 0. The van der Waals surface area contributed by atoms with Gasteiger partial charge in [-0.2, -0.15) is 0 Å². The molecule has 0 fully saturated rings. The highest BCUT2D eigenvalue weighted by Crippen LogP contribution is 2.38. The van der Waals surface area contributed by atoms with Crippen LogP contribution in [0.15, 0.2) is 0 Å². The fourth-order valence-electron chi connectivity index (χ4n) is 1.61. The third kappa shape index (κ3) is 4.85. The van der Waals surface area contributed by atoms with Gasteiger partial charge in [0.1, 0.15) is 0 Å². The minimum atomic E-state index is -4.41. The van der Waals surface area contributed by atoms with Gasteiger partial charge in [0.25, 0.3) is 0 Å². The van der Waals surface area contributed by atoms with Gasteiger partial charge in [-0.3, -0.25) is 4.52 Å². The van der Waals surface area contributed by atoms with E-state index in [1.165, 1.54) is 0 Å². The van der Waals surface area contributed by atoms with Crippen molar-refractivity contribution in [3.05, 3.63) is 15.6 Å². The van der Waals surface area contributed by atoms with Gasteiger partial charge in [-0.25, -0.2) is 9.55 Å². The van der Waals surface area contributed by atoms with Crippen molar-refractivity contribution in [2.24, 2.45) is 0 Å². The molecule has 1 aromatic heterocycles. The molecule has 2 N–H and O–H groups in total. The average molecular weight is 279 g/mol. The molecule has 1 heterocycles. The summed E-state index contributed by atoms with van der Waals surface area (Å²) in [6.45, 7) is 7.78. The Bertz CT molecular complexity index is 426. The van der Waals surface area contributed by atoms with Gasteiger partial charge in [0.2, 0.25) is 0 Å². The first-order valence-electron chi connectivity index (χ1n) is 5.39. The SMILES string of the molecule is Cc1sc(CC(C)OP(=O)(O)O)nc1C(C)C. The number of aryl methyl sites for hydroxylation is 1. The number of aromatic nitrogens is 1. The number of nitrogens with zero attached hydrogens (tertiary/aromatic N) is 1. The Balaban J connectivity index is 2.69. The summed E-state index contributed by atoms with van der Waals surface area (Å²) < 4.78 is 15.3. The van der Waals surface area contributed by atoms with Crippen molar-refractivity contribution in [2.75, 3.05) is 0 Å². The van der Waals surface area contributed by atoms with Crippen LogP contribution < -0.4 is 0 Å². The van der Waals surface area contributed by atoms with E-state index in [1.54, 1.807) is 18.3 Å². The molecule has 1 atom stereocenters. The van der Waals surface area contributed by atoms with E-state index in [-0.39, 0.29) is 0 Å². The summed E-state index contributed by atoms with van der Waals surface area (Å²) in [7, 11) is -4.41. The monoisotopic (exact) mass is 279 g/mol. The lowest BCUT2D eigenvalue weighted by molar-refractivity contribution is 0.145. The van der Waals surface area contributed by atoms with Crippen molar-refractivity contribution in [3.8, 4) is 0 Å². The highest BCUT2D eigenvalue weighted by Gasteiger charge is 2.20. The standard InChI is InChI=1S/C10H18NO4PS/c1-6(2)10-8(4)17-9(11-10)5-7(3)15-16(12,13)14/h6-7H,5H2,1-4H3,(H2,12,13,14). The Morgan fingerprint density at radius 2 is 2.00 bits per heavy atom. The molecule has 0 bridgehead atoms. The lowest BCUT2D eigenvalue weighted by Gasteiger charge is -2.11. The summed E-state index contributed by atoms with van der Waals surface area (Å²) in [4.78, 5) is 23.0. The molecule has 17 heavy (non-hydrogen) atoms. The molecule has 0 aromatic carbocycles. The zero-order chi connectivity index (χ0) is 13.2. The van der Waals surface area contributed by atoms with Crippen LogP contribution in [0.1, 0.15) is 42.3 Å². The molecule has 0 aliphatic rings. The average Bonchev–Trinajstić information content (AvgIpc) is 2.42. The highest BCUT2D eigenvalue weighted by atomic mass is 32.1. The van der Waals surface area contributed by atoms with Crippen LogP contribution in [0, 0.1) is 6.92 Å². The molecule has 0 amide bonds. The fraction of sp³-hybridized carbons (Fsp3) is 0.700. The second-order valence-electron chi connectivity index (χ2n) is 4.31. The van der Waals surface area contributed by atoms with E-state index in [9.17, 15) is 4.57 Å². The van der Waals surface area contributed by atoms with E-state index in [0.29, 0.717) is 12.3 Å². The molecule has 1 rings (SSSR count). The first kappa shape index (κ1) is 14.8. The minimum Gasteiger partial charge on any atom is -0.303 e. The molecule has 1 unspecified atom stereocenters. The molecule has 0 saturated carbocycles. The van der Waals surface area contributed by atoms with Crippen molar-refractivity contribution >= 4 is 19.2 Å². The van der Waals surface area contributed by atoms with Crippen LogP contribution in [0.4, 0.5) is 0 Å². The summed E-state index contributed by atoms with van der Waals surface area (Å²) in [5.74, 6) is 0.359. The third-order valence-corrected chi connectivity index (χ3v) is 3.85. The molecule has 5 nitrogen and oxygen atoms in total. The number of phosphoric ester groups is 1. The molecular formula is C10H18NO4PS. The summed E-state index contributed by atoms with van der Waals surface area (Å²) in [5.41, 5.74) is 1.05. The van der Waals surface area contributed by atoms with Gasteiger partial charge in [-0.05, 0) is 19.8 Å². The van der Waals surface area contributed by atoms with Crippen LogP contribution in [0.3, 0.4) is 0 Å². The Labute approximate surface area is 105 Å². The zero-order valence-corrected chi connectivity index (χ0v) is 12.1. The normalized spacial score (nSPS) is 14.3. The van der Waals surface area contributed by atoms with Gasteiger partial charge in [0, 0.05) is 11.3 Å². The molecule has 0 spiro atoms. The maximum atomic E-state index is 10.7. The minimum absolute atomic E-state index is 0.359. The van der Waals surface area contributed by atoms with Crippen molar-refractivity contribution in [3.63, 3.8) is 0 Å². The lowest BCUT2D eigenvalue weighted by Crippen LogP contribution is -2.09. The number of hydrogen-bond donors (Lipinski definition) is 2. The molecule has 0 radical (unpaired) electrons. The van der Waals surface area contributed by atoms with Gasteiger partial charge < -0.3 is 9.79 Å². The number of hydrogen-bond acceptors (Lipinski definition) is 4. The molecule has 98 valence electrons. The Morgan fingerprint density at radius 1 is 1.41 bits per heavy atom. The van der Waals surface area contributed by atoms with E-state index >= 15 is 0 Å². The van der Waals surface area contributed by atoms with Gasteiger partial charge in [-0.15, -0.1) is 11.3 Å². The smallest absolute Gasteiger partial charge is 0.303 e. The Morgan fingerprint density at radius 3 is 2.41 bits per heavy atom. The number of thiazole rings is 1. The van der Waals surface area contributed by atoms with Crippen LogP contribution in [0.25, 0.3) is 0 Å². The fourth-order valence-corrected chi connectivity index (χ4v) is 3.35. The van der Waals surface area contributed by atoms with Crippen LogP contribution >= 0.6 is 19.2 Å². The summed E-state index contributed by atoms with van der Waals surface area (Å²) in [5, 5.41) is 0.854. The molecule has 7 heteroatoms. The third-order valence-electron chi connectivity index (χ3n) is 2.20. The Kier molecular flexibility index (Phi) is 4.86. The van der Waals surface area contributed by atoms with Crippen molar-refractivity contribution < 1.29 is 18.9 Å². The van der Waals surface area contributed by atoms with Crippen molar-refractivity contribution in [1.82, 2.24) is 4.98 Å². The predicted octanol–water partition coefficient (Wildman–Crippen LogP) is 2.62. The molecular weight excluding hydrogens is 261 g/mol. The first-order chi connectivity index (χ1) is 7.69.